The maximum Gasteiger partial charge on any atom is 0.147 e. The molecule has 0 amide bonds. The average molecular weight is 227 g/mol. The molecule has 2 aromatic rings. The van der Waals surface area contributed by atoms with Gasteiger partial charge in [-0.2, -0.15) is 0 Å². The second kappa shape index (κ2) is 6.06. The molecule has 2 heteroatoms. The Morgan fingerprint density at radius 2 is 1.47 bits per heavy atom. The topological polar surface area (TPSA) is 12.5 Å². The second-order valence-corrected chi connectivity index (χ2v) is 3.85. The molecule has 0 bridgehead atoms. The maximum absolute atomic E-state index is 5.80. The van der Waals surface area contributed by atoms with E-state index in [0.29, 0.717) is 0 Å². The summed E-state index contributed by atoms with van der Waals surface area (Å²) in [4.78, 5) is 5.80. The van der Waals surface area contributed by atoms with Gasteiger partial charge in [-0.15, -0.1) is 5.06 Å². The zero-order valence-corrected chi connectivity index (χ0v) is 10.0. The summed E-state index contributed by atoms with van der Waals surface area (Å²) < 4.78 is 0. The Morgan fingerprint density at radius 1 is 0.882 bits per heavy atom. The molecule has 0 saturated carbocycles. The Morgan fingerprint density at radius 3 is 2.06 bits per heavy atom. The van der Waals surface area contributed by atoms with Crippen LogP contribution in [0.1, 0.15) is 12.5 Å². The van der Waals surface area contributed by atoms with E-state index in [9.17, 15) is 0 Å². The smallest absolute Gasteiger partial charge is 0.147 e. The zero-order chi connectivity index (χ0) is 11.9. The molecule has 0 saturated heterocycles. The van der Waals surface area contributed by atoms with E-state index < -0.39 is 0 Å². The molecule has 0 heterocycles. The van der Waals surface area contributed by atoms with Crippen molar-refractivity contribution in [3.63, 3.8) is 0 Å². The van der Waals surface area contributed by atoms with Gasteiger partial charge >= 0.3 is 0 Å². The summed E-state index contributed by atoms with van der Waals surface area (Å²) >= 11 is 0. The van der Waals surface area contributed by atoms with E-state index >= 15 is 0 Å². The lowest BCUT2D eigenvalue weighted by Crippen LogP contribution is -2.26. The first-order valence-electron chi connectivity index (χ1n) is 5.90. The zero-order valence-electron chi connectivity index (χ0n) is 10.0. The van der Waals surface area contributed by atoms with Gasteiger partial charge in [0, 0.05) is 6.54 Å². The molecule has 17 heavy (non-hydrogen) atoms. The molecule has 2 aromatic carbocycles. The summed E-state index contributed by atoms with van der Waals surface area (Å²) in [6.07, 6.45) is 0. The molecule has 88 valence electrons. The van der Waals surface area contributed by atoms with Crippen LogP contribution >= 0.6 is 0 Å². The molecular formula is C15H17NO. The van der Waals surface area contributed by atoms with Gasteiger partial charge < -0.3 is 4.84 Å². The van der Waals surface area contributed by atoms with Crippen LogP contribution < -0.4 is 4.84 Å². The van der Waals surface area contributed by atoms with Crippen LogP contribution in [0.4, 0.5) is 0 Å². The number of hydrogen-bond donors (Lipinski definition) is 0. The predicted molar refractivity (Wildman–Crippen MR) is 69.6 cm³/mol. The third-order valence-corrected chi connectivity index (χ3v) is 2.53. The summed E-state index contributed by atoms with van der Waals surface area (Å²) in [5, 5.41) is 1.95. The van der Waals surface area contributed by atoms with Gasteiger partial charge in [-0.1, -0.05) is 48.5 Å². The first-order chi connectivity index (χ1) is 8.38. The summed E-state index contributed by atoms with van der Waals surface area (Å²) in [6.45, 7) is 3.74. The normalized spacial score (nSPS) is 10.5. The van der Waals surface area contributed by atoms with Gasteiger partial charge in [0.1, 0.15) is 5.75 Å². The summed E-state index contributed by atoms with van der Waals surface area (Å²) in [7, 11) is 0. The molecule has 0 unspecified atom stereocenters. The Hall–Kier alpha value is -1.80. The van der Waals surface area contributed by atoms with Crippen molar-refractivity contribution in [1.29, 1.82) is 0 Å². The number of benzene rings is 2. The molecule has 0 spiro atoms. The van der Waals surface area contributed by atoms with Crippen LogP contribution in [0.2, 0.25) is 0 Å². The minimum atomic E-state index is 0.798. The van der Waals surface area contributed by atoms with E-state index in [1.807, 2.05) is 53.6 Å². The Kier molecular flexibility index (Phi) is 4.17. The fourth-order valence-electron chi connectivity index (χ4n) is 1.63. The number of hydroxylamine groups is 2. The highest BCUT2D eigenvalue weighted by atomic mass is 16.7. The van der Waals surface area contributed by atoms with Crippen molar-refractivity contribution >= 4 is 0 Å². The molecule has 0 radical (unpaired) electrons. The molecule has 0 aliphatic carbocycles. The van der Waals surface area contributed by atoms with Crippen LogP contribution in [0.15, 0.2) is 60.7 Å². The van der Waals surface area contributed by atoms with E-state index in [4.69, 9.17) is 4.84 Å². The fourth-order valence-corrected chi connectivity index (χ4v) is 1.63. The summed E-state index contributed by atoms with van der Waals surface area (Å²) in [5.41, 5.74) is 1.25. The van der Waals surface area contributed by atoms with Gasteiger partial charge in [0.15, 0.2) is 0 Å². The quantitative estimate of drug-likeness (QED) is 0.725. The minimum Gasteiger partial charge on any atom is -0.406 e. The second-order valence-electron chi connectivity index (χ2n) is 3.85. The Labute approximate surface area is 102 Å². The lowest BCUT2D eigenvalue weighted by atomic mass is 10.2. The van der Waals surface area contributed by atoms with Crippen molar-refractivity contribution in [3.8, 4) is 5.75 Å². The minimum absolute atomic E-state index is 0.798. The molecule has 0 aliphatic rings. The molecule has 0 atom stereocenters. The van der Waals surface area contributed by atoms with Gasteiger partial charge in [-0.05, 0) is 24.6 Å². The third-order valence-electron chi connectivity index (χ3n) is 2.53. The molecule has 0 N–H and O–H groups in total. The van der Waals surface area contributed by atoms with Gasteiger partial charge in [-0.25, -0.2) is 0 Å². The van der Waals surface area contributed by atoms with Crippen molar-refractivity contribution in [2.45, 2.75) is 13.5 Å². The van der Waals surface area contributed by atoms with Crippen LogP contribution in [0.5, 0.6) is 5.75 Å². The van der Waals surface area contributed by atoms with Crippen LogP contribution in [0, 0.1) is 0 Å². The van der Waals surface area contributed by atoms with Gasteiger partial charge in [-0.3, -0.25) is 0 Å². The molecule has 2 rings (SSSR count). The monoisotopic (exact) mass is 227 g/mol. The lowest BCUT2D eigenvalue weighted by Gasteiger charge is -2.20. The summed E-state index contributed by atoms with van der Waals surface area (Å²) in [6, 6.07) is 20.2. The van der Waals surface area contributed by atoms with Crippen molar-refractivity contribution in [1.82, 2.24) is 5.06 Å². The average Bonchev–Trinajstić information content (AvgIpc) is 2.40. The largest absolute Gasteiger partial charge is 0.406 e. The Bertz CT molecular complexity index is 386. The highest BCUT2D eigenvalue weighted by Gasteiger charge is 2.04. The van der Waals surface area contributed by atoms with Crippen LogP contribution in [0.3, 0.4) is 0 Å². The summed E-state index contributed by atoms with van der Waals surface area (Å²) in [5.74, 6) is 0.880. The van der Waals surface area contributed by atoms with E-state index in [-0.39, 0.29) is 0 Å². The van der Waals surface area contributed by atoms with Gasteiger partial charge in [0.2, 0.25) is 0 Å². The van der Waals surface area contributed by atoms with Crippen LogP contribution in [0.25, 0.3) is 0 Å². The van der Waals surface area contributed by atoms with Crippen molar-refractivity contribution in [3.05, 3.63) is 66.2 Å². The first kappa shape index (κ1) is 11.7. The van der Waals surface area contributed by atoms with Gasteiger partial charge in [0.05, 0.1) is 6.54 Å². The molecule has 0 aromatic heterocycles. The first-order valence-corrected chi connectivity index (χ1v) is 5.90. The SMILES string of the molecule is CCN(Cc1ccccc1)Oc1ccccc1. The van der Waals surface area contributed by atoms with Crippen molar-refractivity contribution in [2.75, 3.05) is 6.54 Å². The number of rotatable bonds is 5. The van der Waals surface area contributed by atoms with Crippen molar-refractivity contribution in [2.24, 2.45) is 0 Å². The standard InChI is InChI=1S/C15H17NO/c1-2-16(13-14-9-5-3-6-10-14)17-15-11-7-4-8-12-15/h3-12H,2,13H2,1H3. The Balaban J connectivity index is 1.98. The predicted octanol–water partition coefficient (Wildman–Crippen LogP) is 3.50. The van der Waals surface area contributed by atoms with Crippen molar-refractivity contribution < 1.29 is 4.84 Å². The number of para-hydroxylation sites is 1. The number of nitrogens with zero attached hydrogens (tertiary/aromatic N) is 1. The molecule has 2 nitrogen and oxygen atoms in total. The number of hydrogen-bond acceptors (Lipinski definition) is 2. The van der Waals surface area contributed by atoms with E-state index in [2.05, 4.69) is 19.1 Å². The van der Waals surface area contributed by atoms with E-state index in [1.54, 1.807) is 0 Å². The lowest BCUT2D eigenvalue weighted by molar-refractivity contribution is -0.0622. The van der Waals surface area contributed by atoms with Crippen LogP contribution in [-0.2, 0) is 6.54 Å². The third kappa shape index (κ3) is 3.61. The highest BCUT2D eigenvalue weighted by molar-refractivity contribution is 5.21. The molecular weight excluding hydrogens is 210 g/mol. The van der Waals surface area contributed by atoms with Gasteiger partial charge in [0.25, 0.3) is 0 Å². The fraction of sp³-hybridized carbons (Fsp3) is 0.200. The molecule has 0 aliphatic heterocycles. The highest BCUT2D eigenvalue weighted by Crippen LogP contribution is 2.12. The van der Waals surface area contributed by atoms with E-state index in [1.165, 1.54) is 5.56 Å². The van der Waals surface area contributed by atoms with E-state index in [0.717, 1.165) is 18.8 Å². The van der Waals surface area contributed by atoms with Crippen LogP contribution in [-0.4, -0.2) is 11.6 Å². The maximum atomic E-state index is 5.80. The molecule has 0 fully saturated rings.